The average molecular weight is 284 g/mol. The molecule has 0 saturated heterocycles. The number of rotatable bonds is 8. The molecule has 2 rings (SSSR count). The fraction of sp³-hybridized carbons (Fsp3) is 0.368. The van der Waals surface area contributed by atoms with E-state index in [1.54, 1.807) is 0 Å². The normalized spacial score (nSPS) is 13.8. The first kappa shape index (κ1) is 15.7. The Bertz CT molecular complexity index is 506. The van der Waals surface area contributed by atoms with Gasteiger partial charge in [0, 0.05) is 6.61 Å². The molecule has 1 N–H and O–H groups in total. The third-order valence-corrected chi connectivity index (χ3v) is 3.69. The summed E-state index contributed by atoms with van der Waals surface area (Å²) >= 11 is 0. The molecule has 2 heteroatoms. The second-order valence-corrected chi connectivity index (χ2v) is 5.77. The Hall–Kier alpha value is -1.64. The van der Waals surface area contributed by atoms with E-state index in [1.807, 2.05) is 55.5 Å². The Balaban J connectivity index is 1.66. The van der Waals surface area contributed by atoms with Gasteiger partial charge in [-0.25, -0.2) is 0 Å². The molecule has 0 aliphatic rings. The lowest BCUT2D eigenvalue weighted by Crippen LogP contribution is -2.26. The van der Waals surface area contributed by atoms with Crippen molar-refractivity contribution in [1.29, 1.82) is 0 Å². The molecule has 2 aromatic carbocycles. The molecule has 2 aromatic rings. The van der Waals surface area contributed by atoms with Crippen molar-refractivity contribution in [1.82, 2.24) is 0 Å². The van der Waals surface area contributed by atoms with Crippen molar-refractivity contribution in [3.63, 3.8) is 0 Å². The molecule has 1 unspecified atom stereocenters. The third kappa shape index (κ3) is 6.11. The number of hydrogen-bond donors (Lipinski definition) is 1. The maximum absolute atomic E-state index is 10.4. The van der Waals surface area contributed by atoms with Crippen LogP contribution >= 0.6 is 0 Å². The highest BCUT2D eigenvalue weighted by molar-refractivity contribution is 5.15. The number of benzene rings is 2. The molecule has 0 bridgehead atoms. The smallest absolute Gasteiger partial charge is 0.0716 e. The Morgan fingerprint density at radius 2 is 1.43 bits per heavy atom. The molecule has 0 saturated carbocycles. The van der Waals surface area contributed by atoms with Crippen molar-refractivity contribution in [2.75, 3.05) is 6.61 Å². The van der Waals surface area contributed by atoms with Gasteiger partial charge < -0.3 is 9.84 Å². The Labute approximate surface area is 127 Å². The molecule has 0 amide bonds. The van der Waals surface area contributed by atoms with Crippen LogP contribution in [0.3, 0.4) is 0 Å². The van der Waals surface area contributed by atoms with Crippen molar-refractivity contribution in [3.05, 3.63) is 71.8 Å². The number of hydrogen-bond acceptors (Lipinski definition) is 2. The van der Waals surface area contributed by atoms with Crippen LogP contribution in [0.4, 0.5) is 0 Å². The van der Waals surface area contributed by atoms with Crippen molar-refractivity contribution in [3.8, 4) is 0 Å². The molecule has 0 aromatic heterocycles. The highest BCUT2D eigenvalue weighted by Gasteiger charge is 2.19. The summed E-state index contributed by atoms with van der Waals surface area (Å²) < 4.78 is 5.65. The number of aliphatic hydroxyl groups is 1. The molecule has 0 aliphatic carbocycles. The maximum Gasteiger partial charge on any atom is 0.0716 e. The fourth-order valence-corrected chi connectivity index (χ4v) is 2.24. The van der Waals surface area contributed by atoms with Gasteiger partial charge in [-0.2, -0.15) is 0 Å². The molecule has 1 atom stereocenters. The largest absolute Gasteiger partial charge is 0.390 e. The third-order valence-electron chi connectivity index (χ3n) is 3.69. The van der Waals surface area contributed by atoms with Crippen LogP contribution in [0.15, 0.2) is 60.7 Å². The average Bonchev–Trinajstić information content (AvgIpc) is 2.52. The summed E-state index contributed by atoms with van der Waals surface area (Å²) in [5, 5.41) is 10.4. The first-order valence-electron chi connectivity index (χ1n) is 7.54. The standard InChI is InChI=1S/C19H24O2/c1-19(20,13-12-17-8-4-2-5-9-17)14-15-21-16-18-10-6-3-7-11-18/h2-11,20H,12-16H2,1H3. The number of ether oxygens (including phenoxy) is 1. The Morgan fingerprint density at radius 1 is 0.857 bits per heavy atom. The summed E-state index contributed by atoms with van der Waals surface area (Å²) in [7, 11) is 0. The van der Waals surface area contributed by atoms with Crippen LogP contribution in [0, 0.1) is 0 Å². The zero-order valence-electron chi connectivity index (χ0n) is 12.7. The maximum atomic E-state index is 10.4. The minimum Gasteiger partial charge on any atom is -0.390 e. The van der Waals surface area contributed by atoms with Crippen LogP contribution in [0.5, 0.6) is 0 Å². The Morgan fingerprint density at radius 3 is 2.05 bits per heavy atom. The summed E-state index contributed by atoms with van der Waals surface area (Å²) in [5.74, 6) is 0. The first-order chi connectivity index (χ1) is 10.2. The second kappa shape index (κ2) is 7.96. The topological polar surface area (TPSA) is 29.5 Å². The molecule has 112 valence electrons. The van der Waals surface area contributed by atoms with Gasteiger partial charge in [0.05, 0.1) is 12.2 Å². The summed E-state index contributed by atoms with van der Waals surface area (Å²) in [6.07, 6.45) is 2.31. The van der Waals surface area contributed by atoms with Crippen molar-refractivity contribution < 1.29 is 9.84 Å². The SMILES string of the molecule is CC(O)(CCOCc1ccccc1)CCc1ccccc1. The quantitative estimate of drug-likeness (QED) is 0.743. The molecule has 0 fully saturated rings. The lowest BCUT2D eigenvalue weighted by molar-refractivity contribution is 0.00453. The summed E-state index contributed by atoms with van der Waals surface area (Å²) in [4.78, 5) is 0. The fourth-order valence-electron chi connectivity index (χ4n) is 2.24. The van der Waals surface area contributed by atoms with Gasteiger partial charge in [-0.3, -0.25) is 0 Å². The van der Waals surface area contributed by atoms with Gasteiger partial charge >= 0.3 is 0 Å². The van der Waals surface area contributed by atoms with Crippen molar-refractivity contribution >= 4 is 0 Å². The monoisotopic (exact) mass is 284 g/mol. The van der Waals surface area contributed by atoms with Crippen molar-refractivity contribution in [2.24, 2.45) is 0 Å². The van der Waals surface area contributed by atoms with Gasteiger partial charge in [0.15, 0.2) is 0 Å². The minimum absolute atomic E-state index is 0.580. The van der Waals surface area contributed by atoms with Crippen LogP contribution in [-0.2, 0) is 17.8 Å². The van der Waals surface area contributed by atoms with Gasteiger partial charge in [0.25, 0.3) is 0 Å². The van der Waals surface area contributed by atoms with Crippen LogP contribution < -0.4 is 0 Å². The summed E-state index contributed by atoms with van der Waals surface area (Å²) in [6, 6.07) is 20.4. The van der Waals surface area contributed by atoms with Crippen LogP contribution in [-0.4, -0.2) is 17.3 Å². The van der Waals surface area contributed by atoms with E-state index >= 15 is 0 Å². The summed E-state index contributed by atoms with van der Waals surface area (Å²) in [6.45, 7) is 3.08. The van der Waals surface area contributed by atoms with Gasteiger partial charge in [-0.15, -0.1) is 0 Å². The molecule has 2 nitrogen and oxygen atoms in total. The van der Waals surface area contributed by atoms with E-state index in [2.05, 4.69) is 12.1 Å². The highest BCUT2D eigenvalue weighted by atomic mass is 16.5. The van der Waals surface area contributed by atoms with Gasteiger partial charge in [0.2, 0.25) is 0 Å². The van der Waals surface area contributed by atoms with Crippen molar-refractivity contribution in [2.45, 2.75) is 38.4 Å². The molecule has 21 heavy (non-hydrogen) atoms. The zero-order valence-corrected chi connectivity index (χ0v) is 12.7. The van der Waals surface area contributed by atoms with E-state index in [1.165, 1.54) is 11.1 Å². The van der Waals surface area contributed by atoms with E-state index < -0.39 is 5.60 Å². The molecule has 0 heterocycles. The zero-order chi connectivity index (χ0) is 15.0. The molecule has 0 spiro atoms. The van der Waals surface area contributed by atoms with Gasteiger partial charge in [-0.05, 0) is 37.3 Å². The predicted molar refractivity (Wildman–Crippen MR) is 86.1 cm³/mol. The molecule has 0 aliphatic heterocycles. The van der Waals surface area contributed by atoms with E-state index in [0.29, 0.717) is 19.6 Å². The Kier molecular flexibility index (Phi) is 5.97. The molecular weight excluding hydrogens is 260 g/mol. The van der Waals surface area contributed by atoms with E-state index in [4.69, 9.17) is 4.74 Å². The van der Waals surface area contributed by atoms with Crippen LogP contribution in [0.25, 0.3) is 0 Å². The van der Waals surface area contributed by atoms with E-state index in [-0.39, 0.29) is 0 Å². The number of aryl methyl sites for hydroxylation is 1. The van der Waals surface area contributed by atoms with E-state index in [9.17, 15) is 5.11 Å². The highest BCUT2D eigenvalue weighted by Crippen LogP contribution is 2.18. The van der Waals surface area contributed by atoms with Gasteiger partial charge in [-0.1, -0.05) is 60.7 Å². The predicted octanol–water partition coefficient (Wildman–Crippen LogP) is 3.98. The molecule has 0 radical (unpaired) electrons. The van der Waals surface area contributed by atoms with Gasteiger partial charge in [0.1, 0.15) is 0 Å². The summed E-state index contributed by atoms with van der Waals surface area (Å²) in [5.41, 5.74) is 1.76. The first-order valence-corrected chi connectivity index (χ1v) is 7.54. The minimum atomic E-state index is -0.674. The molecular formula is C19H24O2. The second-order valence-electron chi connectivity index (χ2n) is 5.77. The van der Waals surface area contributed by atoms with Crippen LogP contribution in [0.2, 0.25) is 0 Å². The van der Waals surface area contributed by atoms with Crippen LogP contribution in [0.1, 0.15) is 30.9 Å². The lowest BCUT2D eigenvalue weighted by atomic mass is 9.94. The van der Waals surface area contributed by atoms with E-state index in [0.717, 1.165) is 12.8 Å². The lowest BCUT2D eigenvalue weighted by Gasteiger charge is -2.23.